The maximum Gasteiger partial charge on any atom is 0.245 e. The van der Waals surface area contributed by atoms with Gasteiger partial charge in [0.25, 0.3) is 0 Å². The van der Waals surface area contributed by atoms with Crippen LogP contribution in [0.4, 0.5) is 0 Å². The van der Waals surface area contributed by atoms with E-state index in [1.807, 2.05) is 12.1 Å². The Balaban J connectivity index is 2.14. The molecule has 6 heteroatoms. The molecule has 0 bridgehead atoms. The number of nitrogens with one attached hydrogen (secondary N) is 1. The summed E-state index contributed by atoms with van der Waals surface area (Å²) in [5.41, 5.74) is 1.06. The highest BCUT2D eigenvalue weighted by atomic mass is 35.5. The number of aliphatic hydroxyl groups is 1. The Hall–Kier alpha value is -0.810. The van der Waals surface area contributed by atoms with Crippen molar-refractivity contribution in [2.24, 2.45) is 0 Å². The van der Waals surface area contributed by atoms with Crippen molar-refractivity contribution in [3.05, 3.63) is 33.8 Å². The molecular formula is C15H19Cl2NO3. The van der Waals surface area contributed by atoms with E-state index < -0.39 is 12.5 Å². The number of ether oxygens (including phenoxy) is 1. The molecule has 1 saturated heterocycles. The Morgan fingerprint density at radius 3 is 2.86 bits per heavy atom. The first-order valence-electron chi connectivity index (χ1n) is 7.06. The number of aliphatic hydroxyl groups excluding tert-OH is 1. The van der Waals surface area contributed by atoms with Gasteiger partial charge in [0.15, 0.2) is 0 Å². The number of hydrogen-bond donors (Lipinski definition) is 2. The van der Waals surface area contributed by atoms with Crippen LogP contribution in [0.2, 0.25) is 10.0 Å². The van der Waals surface area contributed by atoms with E-state index in [0.717, 1.165) is 24.8 Å². The molecule has 1 aromatic carbocycles. The van der Waals surface area contributed by atoms with Gasteiger partial charge in [-0.1, -0.05) is 35.7 Å². The number of carbonyl (C=O) groups is 1. The summed E-state index contributed by atoms with van der Waals surface area (Å²) in [6.45, 7) is 0.548. The van der Waals surface area contributed by atoms with Crippen LogP contribution in [0.5, 0.6) is 0 Å². The lowest BCUT2D eigenvalue weighted by atomic mass is 9.89. The Morgan fingerprint density at radius 1 is 1.33 bits per heavy atom. The Kier molecular flexibility index (Phi) is 6.30. The molecule has 2 N–H and O–H groups in total. The van der Waals surface area contributed by atoms with Gasteiger partial charge in [0.2, 0.25) is 5.91 Å². The van der Waals surface area contributed by atoms with E-state index in [1.54, 1.807) is 6.07 Å². The summed E-state index contributed by atoms with van der Waals surface area (Å²) in [4.78, 5) is 11.2. The lowest BCUT2D eigenvalue weighted by molar-refractivity contribution is -0.124. The minimum Gasteiger partial charge on any atom is -0.387 e. The highest BCUT2D eigenvalue weighted by Crippen LogP contribution is 2.33. The fraction of sp³-hybridized carbons (Fsp3) is 0.533. The summed E-state index contributed by atoms with van der Waals surface area (Å²) in [6.07, 6.45) is 2.91. The van der Waals surface area contributed by atoms with Crippen molar-refractivity contribution in [1.82, 2.24) is 5.32 Å². The summed E-state index contributed by atoms with van der Waals surface area (Å²) >= 11 is 12.1. The fourth-order valence-corrected chi connectivity index (χ4v) is 2.91. The van der Waals surface area contributed by atoms with Gasteiger partial charge >= 0.3 is 0 Å². The number of halogens is 2. The van der Waals surface area contributed by atoms with Crippen molar-refractivity contribution >= 4 is 29.1 Å². The van der Waals surface area contributed by atoms with E-state index in [4.69, 9.17) is 33.0 Å². The van der Waals surface area contributed by atoms with E-state index in [-0.39, 0.29) is 12.0 Å². The zero-order chi connectivity index (χ0) is 15.2. The average Bonchev–Trinajstić information content (AvgIpc) is 2.73. The first kappa shape index (κ1) is 16.6. The molecule has 116 valence electrons. The van der Waals surface area contributed by atoms with Crippen molar-refractivity contribution in [2.45, 2.75) is 31.3 Å². The lowest BCUT2D eigenvalue weighted by Gasteiger charge is -2.26. The highest BCUT2D eigenvalue weighted by Gasteiger charge is 2.26. The maximum absolute atomic E-state index is 11.2. The van der Waals surface area contributed by atoms with Crippen molar-refractivity contribution in [3.63, 3.8) is 0 Å². The molecule has 1 fully saturated rings. The Labute approximate surface area is 134 Å². The molecule has 0 radical (unpaired) electrons. The van der Waals surface area contributed by atoms with E-state index in [1.165, 1.54) is 0 Å². The van der Waals surface area contributed by atoms with Crippen LogP contribution >= 0.6 is 23.2 Å². The third-order valence-corrected chi connectivity index (χ3v) is 4.45. The Bertz CT molecular complexity index is 496. The van der Waals surface area contributed by atoms with Crippen LogP contribution in [-0.2, 0) is 9.53 Å². The van der Waals surface area contributed by atoms with E-state index in [0.29, 0.717) is 23.2 Å². The van der Waals surface area contributed by atoms with Crippen molar-refractivity contribution in [2.75, 3.05) is 19.8 Å². The van der Waals surface area contributed by atoms with E-state index >= 15 is 0 Å². The molecule has 21 heavy (non-hydrogen) atoms. The summed E-state index contributed by atoms with van der Waals surface area (Å²) in [6, 6.07) is 5.60. The number of carbonyl (C=O) groups excluding carboxylic acids is 1. The van der Waals surface area contributed by atoms with Crippen molar-refractivity contribution in [3.8, 4) is 0 Å². The third-order valence-electron chi connectivity index (χ3n) is 3.71. The van der Waals surface area contributed by atoms with Gasteiger partial charge in [-0.2, -0.15) is 0 Å². The normalized spacial score (nSPS) is 22.6. The molecule has 2 rings (SSSR count). The average molecular weight is 332 g/mol. The van der Waals surface area contributed by atoms with E-state index in [9.17, 15) is 4.79 Å². The van der Waals surface area contributed by atoms with Gasteiger partial charge in [0, 0.05) is 19.1 Å². The number of benzene rings is 1. The fourth-order valence-electron chi connectivity index (χ4n) is 2.60. The van der Waals surface area contributed by atoms with Crippen LogP contribution < -0.4 is 5.32 Å². The number of rotatable bonds is 4. The predicted octanol–water partition coefficient (Wildman–Crippen LogP) is 2.75. The Morgan fingerprint density at radius 2 is 2.14 bits per heavy atom. The van der Waals surface area contributed by atoms with Crippen LogP contribution in [0.15, 0.2) is 18.2 Å². The molecule has 2 atom stereocenters. The summed E-state index contributed by atoms with van der Waals surface area (Å²) in [5.74, 6) is -0.239. The molecule has 1 amide bonds. The standard InChI is InChI=1S/C15H19Cl2NO3/c16-12-5-4-10(7-13(12)17)11-3-1-2-6-21-14(11)8-18-15(20)9-19/h4-5,7,11,14,19H,1-3,6,8-9H2,(H,18,20)/t11-,14-/m0/s1. The molecule has 1 aliphatic rings. The second-order valence-electron chi connectivity index (χ2n) is 5.15. The zero-order valence-electron chi connectivity index (χ0n) is 11.6. The van der Waals surface area contributed by atoms with Crippen LogP contribution in [0.1, 0.15) is 30.7 Å². The van der Waals surface area contributed by atoms with Gasteiger partial charge in [-0.3, -0.25) is 4.79 Å². The quantitative estimate of drug-likeness (QED) is 0.891. The molecule has 0 aliphatic carbocycles. The van der Waals surface area contributed by atoms with Gasteiger partial charge in [-0.05, 0) is 30.5 Å². The summed E-state index contributed by atoms with van der Waals surface area (Å²) < 4.78 is 5.86. The smallest absolute Gasteiger partial charge is 0.245 e. The second kappa shape index (κ2) is 7.99. The minimum atomic E-state index is -0.510. The van der Waals surface area contributed by atoms with Gasteiger partial charge in [0.05, 0.1) is 16.1 Å². The molecule has 1 aliphatic heterocycles. The molecule has 4 nitrogen and oxygen atoms in total. The zero-order valence-corrected chi connectivity index (χ0v) is 13.2. The van der Waals surface area contributed by atoms with Gasteiger partial charge in [-0.15, -0.1) is 0 Å². The van der Waals surface area contributed by atoms with Crippen LogP contribution in [0.25, 0.3) is 0 Å². The van der Waals surface area contributed by atoms with Gasteiger partial charge in [-0.25, -0.2) is 0 Å². The predicted molar refractivity (Wildman–Crippen MR) is 82.9 cm³/mol. The van der Waals surface area contributed by atoms with Gasteiger partial charge < -0.3 is 15.2 Å². The van der Waals surface area contributed by atoms with Crippen LogP contribution in [0.3, 0.4) is 0 Å². The SMILES string of the molecule is O=C(CO)NC[C@@H]1OCCCC[C@H]1c1ccc(Cl)c(Cl)c1. The molecule has 1 heterocycles. The molecule has 0 spiro atoms. The molecule has 0 unspecified atom stereocenters. The topological polar surface area (TPSA) is 58.6 Å². The number of hydrogen-bond acceptors (Lipinski definition) is 3. The van der Waals surface area contributed by atoms with Crippen molar-refractivity contribution < 1.29 is 14.6 Å². The van der Waals surface area contributed by atoms with E-state index in [2.05, 4.69) is 5.32 Å². The number of amides is 1. The summed E-state index contributed by atoms with van der Waals surface area (Å²) in [5, 5.41) is 12.5. The van der Waals surface area contributed by atoms with Crippen LogP contribution in [0, 0.1) is 0 Å². The molecule has 1 aromatic rings. The summed E-state index contributed by atoms with van der Waals surface area (Å²) in [7, 11) is 0. The highest BCUT2D eigenvalue weighted by molar-refractivity contribution is 6.42. The first-order chi connectivity index (χ1) is 10.1. The largest absolute Gasteiger partial charge is 0.387 e. The first-order valence-corrected chi connectivity index (χ1v) is 7.81. The third kappa shape index (κ3) is 4.58. The maximum atomic E-state index is 11.2. The monoisotopic (exact) mass is 331 g/mol. The minimum absolute atomic E-state index is 0.125. The molecule has 0 saturated carbocycles. The molecule has 0 aromatic heterocycles. The van der Waals surface area contributed by atoms with Gasteiger partial charge in [0.1, 0.15) is 6.61 Å². The molecular weight excluding hydrogens is 313 g/mol. The van der Waals surface area contributed by atoms with Crippen molar-refractivity contribution in [1.29, 1.82) is 0 Å². The van der Waals surface area contributed by atoms with Crippen LogP contribution in [-0.4, -0.2) is 36.9 Å². The lowest BCUT2D eigenvalue weighted by Crippen LogP contribution is -2.38. The second-order valence-corrected chi connectivity index (χ2v) is 5.96.